The number of hydrogen-bond acceptors (Lipinski definition) is 4. The minimum Gasteiger partial charge on any atom is -0.480 e. The highest BCUT2D eigenvalue weighted by Gasteiger charge is 2.34. The van der Waals surface area contributed by atoms with E-state index in [0.717, 1.165) is 0 Å². The van der Waals surface area contributed by atoms with Gasteiger partial charge in [0.15, 0.2) is 0 Å². The second kappa shape index (κ2) is 5.26. The highest BCUT2D eigenvalue weighted by Crippen LogP contribution is 2.20. The third kappa shape index (κ3) is 3.13. The van der Waals surface area contributed by atoms with Crippen LogP contribution < -0.4 is 0 Å². The summed E-state index contributed by atoms with van der Waals surface area (Å²) < 4.78 is 10.5. The van der Waals surface area contributed by atoms with Crippen molar-refractivity contribution >= 4 is 22.5 Å². The Morgan fingerprint density at radius 2 is 2.11 bits per heavy atom. The molecule has 0 saturated heterocycles. The van der Waals surface area contributed by atoms with Crippen molar-refractivity contribution in [3.8, 4) is 0 Å². The molecule has 0 aromatic heterocycles. The molecule has 0 radical (unpaired) electrons. The van der Waals surface area contributed by atoms with Crippen LogP contribution in [-0.4, -0.2) is 25.0 Å². The number of aliphatic carboxylic acids is 1. The molecule has 0 bridgehead atoms. The van der Waals surface area contributed by atoms with E-state index in [0.29, 0.717) is 5.56 Å². The molecule has 0 saturated carbocycles. The van der Waals surface area contributed by atoms with Crippen LogP contribution in [0.25, 0.3) is 0 Å². The summed E-state index contributed by atoms with van der Waals surface area (Å²) in [5.74, 6) is -1.19. The summed E-state index contributed by atoms with van der Waals surface area (Å²) in [6.07, 6.45) is 0. The van der Waals surface area contributed by atoms with Gasteiger partial charge in [0.2, 0.25) is 0 Å². The van der Waals surface area contributed by atoms with Gasteiger partial charge in [0, 0.05) is 28.7 Å². The molecule has 0 spiro atoms. The lowest BCUT2D eigenvalue weighted by Gasteiger charge is -2.18. The lowest BCUT2D eigenvalue weighted by atomic mass is 10.2. The quantitative estimate of drug-likeness (QED) is 0.649. The van der Waals surface area contributed by atoms with Gasteiger partial charge >= 0.3 is 5.97 Å². The lowest BCUT2D eigenvalue weighted by molar-refractivity contribution is -0.384. The molecule has 0 aliphatic heterocycles. The first-order valence-electron chi connectivity index (χ1n) is 5.10. The van der Waals surface area contributed by atoms with Gasteiger partial charge in [-0.1, -0.05) is 12.1 Å². The maximum absolute atomic E-state index is 11.9. The van der Waals surface area contributed by atoms with E-state index in [1.807, 2.05) is 0 Å². The summed E-state index contributed by atoms with van der Waals surface area (Å²) in [5, 5.41) is 19.5. The summed E-state index contributed by atoms with van der Waals surface area (Å²) >= 11 is 0. The number of non-ortho nitro benzene ring substituents is 1. The van der Waals surface area contributed by atoms with Crippen LogP contribution in [0.1, 0.15) is 19.4 Å². The minimum atomic E-state index is -1.66. The topological polar surface area (TPSA) is 97.5 Å². The Morgan fingerprint density at radius 1 is 1.50 bits per heavy atom. The summed E-state index contributed by atoms with van der Waals surface area (Å²) in [5.41, 5.74) is 0.384. The van der Waals surface area contributed by atoms with Crippen LogP contribution in [-0.2, 0) is 21.3 Å². The van der Waals surface area contributed by atoms with E-state index < -0.39 is 26.4 Å². The summed E-state index contributed by atoms with van der Waals surface area (Å²) in [4.78, 5) is 21.0. The first kappa shape index (κ1) is 14.3. The van der Waals surface area contributed by atoms with Gasteiger partial charge in [-0.15, -0.1) is 0 Å². The number of hydrogen-bond donors (Lipinski definition) is 1. The van der Waals surface area contributed by atoms with Crippen molar-refractivity contribution in [1.82, 2.24) is 0 Å². The van der Waals surface area contributed by atoms with Gasteiger partial charge in [-0.3, -0.25) is 19.1 Å². The number of nitro benzene ring substituents is 1. The Bertz CT molecular complexity index is 512. The SMILES string of the molecule is CC(C)(C(=O)O)S(=O)Cc1cccc([N+](=O)[O-])c1. The van der Waals surface area contributed by atoms with Gasteiger partial charge in [-0.2, -0.15) is 0 Å². The molecule has 0 aliphatic rings. The van der Waals surface area contributed by atoms with Gasteiger partial charge < -0.3 is 5.11 Å². The molecule has 7 heteroatoms. The van der Waals surface area contributed by atoms with E-state index in [1.54, 1.807) is 6.07 Å². The fraction of sp³-hybridized carbons (Fsp3) is 0.364. The van der Waals surface area contributed by atoms with Crippen LogP contribution >= 0.6 is 0 Å². The lowest BCUT2D eigenvalue weighted by Crippen LogP contribution is -2.37. The fourth-order valence-corrected chi connectivity index (χ4v) is 2.23. The first-order chi connectivity index (χ1) is 8.25. The molecule has 1 atom stereocenters. The molecule has 0 fully saturated rings. The summed E-state index contributed by atoms with van der Waals surface area (Å²) in [6, 6.07) is 5.70. The van der Waals surface area contributed by atoms with Crippen LogP contribution in [0, 0.1) is 10.1 Å². The Kier molecular flexibility index (Phi) is 4.18. The predicted molar refractivity (Wildman–Crippen MR) is 66.7 cm³/mol. The van der Waals surface area contributed by atoms with E-state index in [1.165, 1.54) is 32.0 Å². The number of carbonyl (C=O) groups is 1. The van der Waals surface area contributed by atoms with Crippen molar-refractivity contribution in [1.29, 1.82) is 0 Å². The predicted octanol–water partition coefficient (Wildman–Crippen LogP) is 1.71. The molecule has 0 aliphatic carbocycles. The van der Waals surface area contributed by atoms with Gasteiger partial charge in [-0.25, -0.2) is 0 Å². The zero-order valence-electron chi connectivity index (χ0n) is 9.95. The molecule has 1 unspecified atom stereocenters. The molecular weight excluding hydrogens is 258 g/mol. The smallest absolute Gasteiger partial charge is 0.321 e. The largest absolute Gasteiger partial charge is 0.480 e. The third-order valence-corrected chi connectivity index (χ3v) is 4.41. The second-order valence-electron chi connectivity index (χ2n) is 4.23. The van der Waals surface area contributed by atoms with Crippen molar-refractivity contribution in [3.05, 3.63) is 39.9 Å². The van der Waals surface area contributed by atoms with Crippen molar-refractivity contribution in [2.45, 2.75) is 24.3 Å². The van der Waals surface area contributed by atoms with Crippen LogP contribution in [0.4, 0.5) is 5.69 Å². The number of nitro groups is 1. The Labute approximate surface area is 106 Å². The zero-order chi connectivity index (χ0) is 13.9. The third-order valence-electron chi connectivity index (χ3n) is 2.50. The maximum Gasteiger partial charge on any atom is 0.321 e. The molecule has 98 valence electrons. The van der Waals surface area contributed by atoms with Gasteiger partial charge in [0.05, 0.1) is 4.92 Å². The normalized spacial score (nSPS) is 13.0. The Hall–Kier alpha value is -1.76. The van der Waals surface area contributed by atoms with Crippen molar-refractivity contribution in [3.63, 3.8) is 0 Å². The number of nitrogens with zero attached hydrogens (tertiary/aromatic N) is 1. The fourth-order valence-electron chi connectivity index (χ4n) is 1.19. The van der Waals surface area contributed by atoms with Gasteiger partial charge in [-0.05, 0) is 19.4 Å². The molecule has 0 heterocycles. The van der Waals surface area contributed by atoms with Gasteiger partial charge in [0.1, 0.15) is 4.75 Å². The van der Waals surface area contributed by atoms with Crippen LogP contribution in [0.15, 0.2) is 24.3 Å². The highest BCUT2D eigenvalue weighted by atomic mass is 32.2. The molecular formula is C11H13NO5S. The number of rotatable bonds is 5. The zero-order valence-corrected chi connectivity index (χ0v) is 10.8. The van der Waals surface area contributed by atoms with Crippen LogP contribution in [0.3, 0.4) is 0 Å². The second-order valence-corrected chi connectivity index (χ2v) is 6.23. The van der Waals surface area contributed by atoms with Crippen molar-refractivity contribution in [2.24, 2.45) is 0 Å². The Morgan fingerprint density at radius 3 is 2.61 bits per heavy atom. The van der Waals surface area contributed by atoms with Crippen molar-refractivity contribution < 1.29 is 19.0 Å². The molecule has 18 heavy (non-hydrogen) atoms. The standard InChI is InChI=1S/C11H13NO5S/c1-11(2,10(13)14)18(17)7-8-4-3-5-9(6-8)12(15)16/h3-6H,7H2,1-2H3,(H,13,14). The van der Waals surface area contributed by atoms with Crippen LogP contribution in [0.2, 0.25) is 0 Å². The molecule has 6 nitrogen and oxygen atoms in total. The van der Waals surface area contributed by atoms with Crippen molar-refractivity contribution in [2.75, 3.05) is 0 Å². The minimum absolute atomic E-state index is 0.0268. The number of carboxylic acid groups (broad SMARTS) is 1. The first-order valence-corrected chi connectivity index (χ1v) is 6.42. The van der Waals surface area contributed by atoms with E-state index >= 15 is 0 Å². The molecule has 1 N–H and O–H groups in total. The monoisotopic (exact) mass is 271 g/mol. The summed E-state index contributed by atoms with van der Waals surface area (Å²) in [7, 11) is -1.66. The average molecular weight is 271 g/mol. The van der Waals surface area contributed by atoms with Gasteiger partial charge in [0.25, 0.3) is 5.69 Å². The number of carboxylic acids is 1. The average Bonchev–Trinajstić information content (AvgIpc) is 2.28. The maximum atomic E-state index is 11.9. The highest BCUT2D eigenvalue weighted by molar-refractivity contribution is 7.86. The van der Waals surface area contributed by atoms with E-state index in [2.05, 4.69) is 0 Å². The molecule has 1 aromatic carbocycles. The Balaban J connectivity index is 2.92. The van der Waals surface area contributed by atoms with Crippen LogP contribution in [0.5, 0.6) is 0 Å². The molecule has 0 amide bonds. The summed E-state index contributed by atoms with van der Waals surface area (Å²) in [6.45, 7) is 2.73. The van der Waals surface area contributed by atoms with E-state index in [4.69, 9.17) is 5.11 Å². The molecule has 1 aromatic rings. The van der Waals surface area contributed by atoms with E-state index in [9.17, 15) is 19.1 Å². The van der Waals surface area contributed by atoms with E-state index in [-0.39, 0.29) is 11.4 Å². The number of benzene rings is 1. The molecule has 1 rings (SSSR count).